The van der Waals surface area contributed by atoms with Crippen LogP contribution in [-0.2, 0) is 19.7 Å². The molecule has 5 unspecified atom stereocenters. The number of phenolic OH excluding ortho intramolecular Hbond substituents is 1. The van der Waals surface area contributed by atoms with Gasteiger partial charge in [0.1, 0.15) is 0 Å². The summed E-state index contributed by atoms with van der Waals surface area (Å²) in [7, 11) is 4.30. The number of piperidine rings is 1. The Bertz CT molecular complexity index is 1030. The van der Waals surface area contributed by atoms with Gasteiger partial charge in [0.2, 0.25) is 0 Å². The minimum Gasteiger partial charge on any atom is -0.504 e. The summed E-state index contributed by atoms with van der Waals surface area (Å²) in [6, 6.07) is 3.84. The first-order valence-corrected chi connectivity index (χ1v) is 11.5. The van der Waals surface area contributed by atoms with Crippen molar-refractivity contribution in [2.75, 3.05) is 39.3 Å². The number of benzene rings is 1. The molecule has 3 spiro atoms. The Labute approximate surface area is 187 Å². The largest absolute Gasteiger partial charge is 0.504 e. The molecule has 8 nitrogen and oxygen atoms in total. The Morgan fingerprint density at radius 1 is 1.06 bits per heavy atom. The maximum Gasteiger partial charge on any atom is 0.414 e. The number of nitrogens with zero attached hydrogens (tertiary/aromatic N) is 2. The normalized spacial score (nSPS) is 38.7. The molecular weight excluding hydrogens is 412 g/mol. The van der Waals surface area contributed by atoms with Gasteiger partial charge in [-0.15, -0.1) is 0 Å². The molecule has 172 valence electrons. The maximum absolute atomic E-state index is 13.5. The van der Waals surface area contributed by atoms with Crippen molar-refractivity contribution >= 4 is 17.7 Å². The van der Waals surface area contributed by atoms with Crippen molar-refractivity contribution in [1.82, 2.24) is 4.90 Å². The molecule has 1 N–H and O–H groups in total. The highest BCUT2D eigenvalue weighted by Crippen LogP contribution is 2.77. The zero-order valence-corrected chi connectivity index (χ0v) is 18.8. The Balaban J connectivity index is 1.73. The molecule has 3 aliphatic carbocycles. The number of fused-ring (bicyclic) bond motifs is 3. The number of rotatable bonds is 2. The van der Waals surface area contributed by atoms with Crippen molar-refractivity contribution in [2.45, 2.75) is 55.5 Å². The van der Waals surface area contributed by atoms with E-state index in [1.807, 2.05) is 6.07 Å². The molecule has 2 bridgehead atoms. The van der Waals surface area contributed by atoms with Crippen LogP contribution in [0.1, 0.15) is 44.1 Å². The summed E-state index contributed by atoms with van der Waals surface area (Å²) in [6.07, 6.45) is 4.90. The molecule has 1 aromatic rings. The van der Waals surface area contributed by atoms with E-state index in [2.05, 4.69) is 4.90 Å². The van der Waals surface area contributed by atoms with Gasteiger partial charge in [-0.1, -0.05) is 6.07 Å². The van der Waals surface area contributed by atoms with E-state index in [-0.39, 0.29) is 28.9 Å². The number of aromatic hydroxyl groups is 1. The highest BCUT2D eigenvalue weighted by molar-refractivity contribution is 5.99. The monoisotopic (exact) mass is 442 g/mol. The smallest absolute Gasteiger partial charge is 0.414 e. The van der Waals surface area contributed by atoms with E-state index in [0.29, 0.717) is 18.5 Å². The Kier molecular flexibility index (Phi) is 3.97. The lowest BCUT2D eigenvalue weighted by molar-refractivity contribution is -0.174. The number of carbonyl (C=O) groups is 2. The van der Waals surface area contributed by atoms with E-state index in [4.69, 9.17) is 14.2 Å². The van der Waals surface area contributed by atoms with Crippen LogP contribution in [0.15, 0.2) is 12.1 Å². The number of phenols is 1. The number of amides is 1. The molecule has 3 saturated carbocycles. The molecule has 3 aliphatic heterocycles. The van der Waals surface area contributed by atoms with Gasteiger partial charge in [-0.3, -0.25) is 14.6 Å². The van der Waals surface area contributed by atoms with Crippen LogP contribution >= 0.6 is 0 Å². The summed E-state index contributed by atoms with van der Waals surface area (Å²) in [4.78, 5) is 31.1. The Hall–Kier alpha value is -2.48. The lowest BCUT2D eigenvalue weighted by Gasteiger charge is -2.69. The summed E-state index contributed by atoms with van der Waals surface area (Å²) in [5.74, 6) is -0.491. The molecule has 5 atom stereocenters. The van der Waals surface area contributed by atoms with Crippen molar-refractivity contribution in [3.63, 3.8) is 0 Å². The standard InChI is InChI=1S/C24H30N2O6/c1-30-18-16(27)6-5-14-17(18)26(21(29)32-3)24-9-8-22(13-15(24)19(28)31-2)7-4-11-25-12-10-23(14,24)20(22)25/h5-6,15,20,27H,4,7-13H2,1-3H3. The Morgan fingerprint density at radius 3 is 2.59 bits per heavy atom. The van der Waals surface area contributed by atoms with Gasteiger partial charge in [-0.2, -0.15) is 0 Å². The number of carbonyl (C=O) groups excluding carboxylic acids is 2. The van der Waals surface area contributed by atoms with Gasteiger partial charge in [0, 0.05) is 11.5 Å². The summed E-state index contributed by atoms with van der Waals surface area (Å²) < 4.78 is 16.3. The van der Waals surface area contributed by atoms with Gasteiger partial charge in [0.25, 0.3) is 0 Å². The fourth-order valence-electron chi connectivity index (χ4n) is 8.86. The number of anilines is 1. The van der Waals surface area contributed by atoms with Crippen LogP contribution in [0.3, 0.4) is 0 Å². The van der Waals surface area contributed by atoms with E-state index in [1.165, 1.54) is 21.3 Å². The second kappa shape index (κ2) is 6.31. The van der Waals surface area contributed by atoms with Crippen LogP contribution in [0.25, 0.3) is 0 Å². The number of ether oxygens (including phenoxy) is 3. The first-order chi connectivity index (χ1) is 15.4. The van der Waals surface area contributed by atoms with Crippen molar-refractivity contribution in [2.24, 2.45) is 11.3 Å². The van der Waals surface area contributed by atoms with Crippen LogP contribution in [0, 0.1) is 11.3 Å². The minimum absolute atomic E-state index is 0.0177. The zero-order chi connectivity index (χ0) is 22.5. The van der Waals surface area contributed by atoms with Gasteiger partial charge in [0.05, 0.1) is 38.5 Å². The topological polar surface area (TPSA) is 88.5 Å². The number of hydrogen-bond acceptors (Lipinski definition) is 7. The SMILES string of the molecule is COC(=O)C1CC23CCCN4CCC5(c6ccc(O)c(OC)c6N(C(=O)OC)C15CC2)C43. The molecule has 1 amide bonds. The molecule has 2 saturated heterocycles. The predicted octanol–water partition coefficient (Wildman–Crippen LogP) is 2.81. The first kappa shape index (κ1) is 20.1. The number of esters is 1. The second-order valence-corrected chi connectivity index (χ2v) is 10.1. The van der Waals surface area contributed by atoms with Gasteiger partial charge in [-0.05, 0) is 68.7 Å². The number of methoxy groups -OCH3 is 3. The lowest BCUT2D eigenvalue weighted by atomic mass is 9.38. The summed E-state index contributed by atoms with van der Waals surface area (Å²) in [5.41, 5.74) is 0.315. The van der Waals surface area contributed by atoms with Crippen LogP contribution in [0.4, 0.5) is 10.5 Å². The maximum atomic E-state index is 13.5. The zero-order valence-electron chi connectivity index (χ0n) is 18.8. The molecule has 0 radical (unpaired) electrons. The van der Waals surface area contributed by atoms with Crippen molar-refractivity contribution in [3.05, 3.63) is 17.7 Å². The van der Waals surface area contributed by atoms with Crippen molar-refractivity contribution < 1.29 is 28.9 Å². The average molecular weight is 443 g/mol. The molecule has 32 heavy (non-hydrogen) atoms. The quantitative estimate of drug-likeness (QED) is 0.705. The molecule has 5 fully saturated rings. The molecule has 1 aromatic carbocycles. The van der Waals surface area contributed by atoms with Crippen molar-refractivity contribution in [1.29, 1.82) is 0 Å². The summed E-state index contributed by atoms with van der Waals surface area (Å²) >= 11 is 0. The van der Waals surface area contributed by atoms with Gasteiger partial charge in [-0.25, -0.2) is 4.79 Å². The average Bonchev–Trinajstić information content (AvgIpc) is 3.33. The first-order valence-electron chi connectivity index (χ1n) is 11.5. The Morgan fingerprint density at radius 2 is 1.88 bits per heavy atom. The lowest BCUT2D eigenvalue weighted by Crippen LogP contribution is -2.79. The third-order valence-electron chi connectivity index (χ3n) is 9.55. The third kappa shape index (κ3) is 1.92. The molecule has 0 aromatic heterocycles. The molecular formula is C24H30N2O6. The van der Waals surface area contributed by atoms with Crippen LogP contribution in [0.5, 0.6) is 11.5 Å². The van der Waals surface area contributed by atoms with Crippen LogP contribution in [0.2, 0.25) is 0 Å². The highest BCUT2D eigenvalue weighted by Gasteiger charge is 2.82. The number of hydrogen-bond donors (Lipinski definition) is 1. The van der Waals surface area contributed by atoms with Crippen LogP contribution in [-0.4, -0.2) is 68.1 Å². The van der Waals surface area contributed by atoms with Gasteiger partial charge >= 0.3 is 12.1 Å². The van der Waals surface area contributed by atoms with E-state index in [9.17, 15) is 14.7 Å². The molecule has 7 rings (SSSR count). The summed E-state index contributed by atoms with van der Waals surface area (Å²) in [6.45, 7) is 1.97. The highest BCUT2D eigenvalue weighted by atomic mass is 16.5. The van der Waals surface area contributed by atoms with E-state index >= 15 is 0 Å². The van der Waals surface area contributed by atoms with Gasteiger partial charge < -0.3 is 19.3 Å². The van der Waals surface area contributed by atoms with Gasteiger partial charge in [0.15, 0.2) is 11.5 Å². The van der Waals surface area contributed by atoms with E-state index < -0.39 is 23.0 Å². The molecule has 8 heteroatoms. The predicted molar refractivity (Wildman–Crippen MR) is 115 cm³/mol. The summed E-state index contributed by atoms with van der Waals surface area (Å²) in [5, 5.41) is 10.7. The fourth-order valence-corrected chi connectivity index (χ4v) is 8.86. The minimum atomic E-state index is -0.810. The fraction of sp³-hybridized carbons (Fsp3) is 0.667. The van der Waals surface area contributed by atoms with Crippen LogP contribution < -0.4 is 9.64 Å². The van der Waals surface area contributed by atoms with E-state index in [1.54, 1.807) is 11.0 Å². The third-order valence-corrected chi connectivity index (χ3v) is 9.55. The molecule has 6 aliphatic rings. The van der Waals surface area contributed by atoms with Crippen molar-refractivity contribution in [3.8, 4) is 11.5 Å². The molecule has 3 heterocycles. The van der Waals surface area contributed by atoms with E-state index in [0.717, 1.165) is 44.3 Å². The second-order valence-electron chi connectivity index (χ2n) is 10.1.